The Kier molecular flexibility index (Phi) is 10.0. The largest absolute Gasteiger partial charge is 0.496 e. The molecule has 5 heteroatoms. The summed E-state index contributed by atoms with van der Waals surface area (Å²) in [6.45, 7) is 11.2. The third-order valence-corrected chi connectivity index (χ3v) is 8.30. The van der Waals surface area contributed by atoms with Crippen molar-refractivity contribution < 1.29 is 14.6 Å². The maximum atomic E-state index is 13.0. The van der Waals surface area contributed by atoms with Crippen molar-refractivity contribution in [1.82, 2.24) is 10.2 Å². The van der Waals surface area contributed by atoms with Crippen LogP contribution in [0.25, 0.3) is 5.57 Å². The number of carbonyl (C=O) groups is 1. The van der Waals surface area contributed by atoms with Crippen LogP contribution in [0.5, 0.6) is 5.75 Å². The summed E-state index contributed by atoms with van der Waals surface area (Å²) in [6.07, 6.45) is 9.36. The van der Waals surface area contributed by atoms with Crippen LogP contribution in [0.3, 0.4) is 0 Å². The molecule has 206 valence electrons. The number of aliphatic hydroxyl groups excluding tert-OH is 1. The number of benzene rings is 2. The summed E-state index contributed by atoms with van der Waals surface area (Å²) < 4.78 is 5.48. The van der Waals surface area contributed by atoms with Crippen molar-refractivity contribution in [3.63, 3.8) is 0 Å². The molecule has 0 radical (unpaired) electrons. The molecular weight excluding hydrogens is 472 g/mol. The molecule has 1 aliphatic heterocycles. The molecule has 4 rings (SSSR count). The van der Waals surface area contributed by atoms with Crippen molar-refractivity contribution in [2.75, 3.05) is 26.7 Å². The molecule has 0 bridgehead atoms. The van der Waals surface area contributed by atoms with Gasteiger partial charge in [0.1, 0.15) is 11.9 Å². The molecule has 2 N–H and O–H groups in total. The number of allylic oxidation sites excluding steroid dienone is 1. The van der Waals surface area contributed by atoms with Crippen molar-refractivity contribution in [2.45, 2.75) is 90.2 Å². The van der Waals surface area contributed by atoms with E-state index in [9.17, 15) is 9.90 Å². The van der Waals surface area contributed by atoms with Crippen LogP contribution in [0.15, 0.2) is 36.9 Å². The number of ether oxygens (including phenoxy) is 1. The fraction of sp³-hybridized carbons (Fsp3) is 0.545. The van der Waals surface area contributed by atoms with Crippen LogP contribution < -0.4 is 10.1 Å². The summed E-state index contributed by atoms with van der Waals surface area (Å²) in [5.41, 5.74) is 8.17. The fourth-order valence-electron chi connectivity index (χ4n) is 6.16. The van der Waals surface area contributed by atoms with Gasteiger partial charge >= 0.3 is 0 Å². The molecule has 0 spiro atoms. The second-order valence-electron chi connectivity index (χ2n) is 11.3. The van der Waals surface area contributed by atoms with E-state index < -0.39 is 6.10 Å². The lowest BCUT2D eigenvalue weighted by Gasteiger charge is -2.29. The van der Waals surface area contributed by atoms with Crippen molar-refractivity contribution in [3.05, 3.63) is 70.3 Å². The Balaban J connectivity index is 1.31. The summed E-state index contributed by atoms with van der Waals surface area (Å²) >= 11 is 0. The van der Waals surface area contributed by atoms with E-state index in [0.29, 0.717) is 13.0 Å². The lowest BCUT2D eigenvalue weighted by molar-refractivity contribution is -0.123. The second kappa shape index (κ2) is 13.4. The minimum atomic E-state index is -0.701. The Hall–Kier alpha value is -2.63. The molecule has 0 unspecified atom stereocenters. The number of unbranched alkanes of at least 4 members (excludes halogenated alkanes) is 1. The minimum absolute atomic E-state index is 0.0213. The highest BCUT2D eigenvalue weighted by molar-refractivity contribution is 5.76. The van der Waals surface area contributed by atoms with Gasteiger partial charge in [0.25, 0.3) is 0 Å². The molecule has 0 saturated carbocycles. The van der Waals surface area contributed by atoms with E-state index in [4.69, 9.17) is 4.74 Å². The summed E-state index contributed by atoms with van der Waals surface area (Å²) in [6, 6.07) is 10.4. The average molecular weight is 519 g/mol. The Morgan fingerprint density at radius 1 is 1.00 bits per heavy atom. The molecule has 0 aromatic heterocycles. The van der Waals surface area contributed by atoms with Crippen LogP contribution in [-0.4, -0.2) is 48.7 Å². The normalized spacial score (nSPS) is 17.1. The summed E-state index contributed by atoms with van der Waals surface area (Å²) in [4.78, 5) is 15.4. The number of fused-ring (bicyclic) bond motifs is 1. The standard InChI is InChI=1S/C33H46N2O3/c1-23(29-19-24(2)33(38-4)25(3)20-29)11-5-8-14-31(36)34-30(22-35-17-9-10-18-35)32(37)28-16-15-26-12-6-7-13-27(26)21-28/h15-16,19-21,30,32,37H,1,5-14,17-18,22H2,2-4H3,(H,34,36)/t30-,32-/m1/s1. The number of nitrogens with zero attached hydrogens (tertiary/aromatic N) is 1. The molecule has 2 atom stereocenters. The zero-order valence-corrected chi connectivity index (χ0v) is 23.7. The van der Waals surface area contributed by atoms with Crippen LogP contribution in [0.2, 0.25) is 0 Å². The van der Waals surface area contributed by atoms with Crippen LogP contribution in [0.1, 0.15) is 90.9 Å². The molecule has 1 aliphatic carbocycles. The predicted octanol–water partition coefficient (Wildman–Crippen LogP) is 6.08. The van der Waals surface area contributed by atoms with E-state index in [2.05, 4.69) is 61.0 Å². The molecule has 1 heterocycles. The van der Waals surface area contributed by atoms with Crippen molar-refractivity contribution in [1.29, 1.82) is 0 Å². The lowest BCUT2D eigenvalue weighted by Crippen LogP contribution is -2.46. The third-order valence-electron chi connectivity index (χ3n) is 8.30. The van der Waals surface area contributed by atoms with E-state index in [1.165, 1.54) is 36.8 Å². The number of aryl methyl sites for hydroxylation is 4. The van der Waals surface area contributed by atoms with Crippen LogP contribution in [0, 0.1) is 13.8 Å². The SMILES string of the molecule is C=C(CCCCC(=O)N[C@H](CN1CCCC1)[C@H](O)c1ccc2c(c1)CCCC2)c1cc(C)c(OC)c(C)c1. The first-order valence-electron chi connectivity index (χ1n) is 14.5. The van der Waals surface area contributed by atoms with E-state index in [1.54, 1.807) is 7.11 Å². The van der Waals surface area contributed by atoms with Gasteiger partial charge in [-0.2, -0.15) is 0 Å². The Bertz CT molecular complexity index is 1100. The zero-order chi connectivity index (χ0) is 27.1. The summed E-state index contributed by atoms with van der Waals surface area (Å²) in [7, 11) is 1.70. The van der Waals surface area contributed by atoms with Gasteiger partial charge < -0.3 is 20.1 Å². The topological polar surface area (TPSA) is 61.8 Å². The van der Waals surface area contributed by atoms with Crippen molar-refractivity contribution >= 4 is 11.5 Å². The number of methoxy groups -OCH3 is 1. The first-order valence-corrected chi connectivity index (χ1v) is 14.5. The number of carbonyl (C=O) groups excluding carboxylic acids is 1. The molecule has 1 amide bonds. The first kappa shape index (κ1) is 28.4. The summed E-state index contributed by atoms with van der Waals surface area (Å²) in [5.74, 6) is 0.951. The number of likely N-dealkylation sites (tertiary alicyclic amines) is 1. The molecule has 2 aliphatic rings. The second-order valence-corrected chi connectivity index (χ2v) is 11.3. The van der Waals surface area contributed by atoms with Gasteiger partial charge in [-0.1, -0.05) is 24.8 Å². The van der Waals surface area contributed by atoms with Crippen molar-refractivity contribution in [2.24, 2.45) is 0 Å². The van der Waals surface area contributed by atoms with Crippen LogP contribution in [-0.2, 0) is 17.6 Å². The lowest BCUT2D eigenvalue weighted by atomic mass is 9.88. The van der Waals surface area contributed by atoms with Gasteiger partial charge in [-0.25, -0.2) is 0 Å². The van der Waals surface area contributed by atoms with E-state index in [1.807, 2.05) is 0 Å². The molecular formula is C33H46N2O3. The average Bonchev–Trinajstić information content (AvgIpc) is 3.43. The Morgan fingerprint density at radius 2 is 1.66 bits per heavy atom. The maximum absolute atomic E-state index is 13.0. The monoisotopic (exact) mass is 518 g/mol. The smallest absolute Gasteiger partial charge is 0.220 e. The van der Waals surface area contributed by atoms with E-state index in [0.717, 1.165) is 78.8 Å². The van der Waals surface area contributed by atoms with Crippen LogP contribution in [0.4, 0.5) is 0 Å². The Labute approximate surface area is 229 Å². The van der Waals surface area contributed by atoms with Gasteiger partial charge in [0.15, 0.2) is 0 Å². The van der Waals surface area contributed by atoms with E-state index in [-0.39, 0.29) is 11.9 Å². The number of hydrogen-bond donors (Lipinski definition) is 2. The quantitative estimate of drug-likeness (QED) is 0.334. The minimum Gasteiger partial charge on any atom is -0.496 e. The number of rotatable bonds is 12. The van der Waals surface area contributed by atoms with Gasteiger partial charge in [0, 0.05) is 13.0 Å². The highest BCUT2D eigenvalue weighted by atomic mass is 16.5. The maximum Gasteiger partial charge on any atom is 0.220 e. The van der Waals surface area contributed by atoms with Gasteiger partial charge in [-0.15, -0.1) is 0 Å². The van der Waals surface area contributed by atoms with Gasteiger partial charge in [-0.3, -0.25) is 4.79 Å². The number of amides is 1. The Morgan fingerprint density at radius 3 is 2.34 bits per heavy atom. The third kappa shape index (κ3) is 7.27. The summed E-state index contributed by atoms with van der Waals surface area (Å²) in [5, 5.41) is 14.6. The number of nitrogens with one attached hydrogen (secondary N) is 1. The molecule has 1 fully saturated rings. The number of aliphatic hydroxyl groups is 1. The zero-order valence-electron chi connectivity index (χ0n) is 23.7. The fourth-order valence-corrected chi connectivity index (χ4v) is 6.16. The van der Waals surface area contributed by atoms with Crippen molar-refractivity contribution in [3.8, 4) is 5.75 Å². The molecule has 2 aromatic carbocycles. The van der Waals surface area contributed by atoms with E-state index >= 15 is 0 Å². The highest BCUT2D eigenvalue weighted by Crippen LogP contribution is 2.30. The highest BCUT2D eigenvalue weighted by Gasteiger charge is 2.27. The van der Waals surface area contributed by atoms with Gasteiger partial charge in [0.05, 0.1) is 13.2 Å². The predicted molar refractivity (Wildman–Crippen MR) is 156 cm³/mol. The van der Waals surface area contributed by atoms with Crippen LogP contribution >= 0.6 is 0 Å². The number of hydrogen-bond acceptors (Lipinski definition) is 4. The molecule has 5 nitrogen and oxygen atoms in total. The molecule has 1 saturated heterocycles. The molecule has 2 aromatic rings. The first-order chi connectivity index (χ1) is 18.4. The molecule has 38 heavy (non-hydrogen) atoms. The van der Waals surface area contributed by atoms with Gasteiger partial charge in [0.2, 0.25) is 5.91 Å². The van der Waals surface area contributed by atoms with Gasteiger partial charge in [-0.05, 0) is 136 Å².